The van der Waals surface area contributed by atoms with Crippen molar-refractivity contribution in [1.29, 1.82) is 0 Å². The number of hydrogen-bond acceptors (Lipinski definition) is 7. The minimum atomic E-state index is -0.152. The molecule has 1 saturated heterocycles. The lowest BCUT2D eigenvalue weighted by Gasteiger charge is -2.35. The van der Waals surface area contributed by atoms with Crippen molar-refractivity contribution in [2.75, 3.05) is 44.6 Å². The summed E-state index contributed by atoms with van der Waals surface area (Å²) in [6.45, 7) is 14.6. The number of nitrogens with one attached hydrogen (secondary N) is 2. The van der Waals surface area contributed by atoms with Gasteiger partial charge in [0.15, 0.2) is 0 Å². The highest BCUT2D eigenvalue weighted by Crippen LogP contribution is 2.20. The SMILES string of the molecule is C=C(C(C)=NCC)N1CCC(Nc2cc(C(=O)NCCCN3CCc4ccccc4C3)ncn2)CC1. The molecule has 2 aliphatic rings. The summed E-state index contributed by atoms with van der Waals surface area (Å²) < 4.78 is 0. The molecule has 8 heteroatoms. The van der Waals surface area contributed by atoms with Crippen LogP contribution in [-0.4, -0.2) is 76.7 Å². The minimum Gasteiger partial charge on any atom is -0.370 e. The first-order chi connectivity index (χ1) is 17.5. The fourth-order valence-electron chi connectivity index (χ4n) is 4.96. The maximum Gasteiger partial charge on any atom is 0.270 e. The predicted molar refractivity (Wildman–Crippen MR) is 145 cm³/mol. The molecular weight excluding hydrogens is 450 g/mol. The summed E-state index contributed by atoms with van der Waals surface area (Å²) in [4.78, 5) is 30.4. The van der Waals surface area contributed by atoms with Crippen LogP contribution in [0, 0.1) is 0 Å². The first-order valence-corrected chi connectivity index (χ1v) is 13.1. The number of anilines is 1. The molecule has 1 fully saturated rings. The highest BCUT2D eigenvalue weighted by Gasteiger charge is 2.22. The van der Waals surface area contributed by atoms with Crippen molar-refractivity contribution >= 4 is 17.4 Å². The van der Waals surface area contributed by atoms with Crippen LogP contribution in [0.5, 0.6) is 0 Å². The summed E-state index contributed by atoms with van der Waals surface area (Å²) in [6.07, 6.45) is 5.43. The van der Waals surface area contributed by atoms with Gasteiger partial charge in [-0.25, -0.2) is 9.97 Å². The van der Waals surface area contributed by atoms with E-state index in [2.05, 4.69) is 66.2 Å². The maximum absolute atomic E-state index is 12.7. The Labute approximate surface area is 214 Å². The Hall–Kier alpha value is -3.26. The zero-order valence-corrected chi connectivity index (χ0v) is 21.7. The number of piperidine rings is 1. The molecule has 0 unspecified atom stereocenters. The zero-order chi connectivity index (χ0) is 25.3. The first kappa shape index (κ1) is 25.8. The summed E-state index contributed by atoms with van der Waals surface area (Å²) in [5, 5.41) is 6.50. The van der Waals surface area contributed by atoms with E-state index in [-0.39, 0.29) is 5.91 Å². The summed E-state index contributed by atoms with van der Waals surface area (Å²) >= 11 is 0. The fourth-order valence-corrected chi connectivity index (χ4v) is 4.96. The van der Waals surface area contributed by atoms with E-state index < -0.39 is 0 Å². The van der Waals surface area contributed by atoms with E-state index in [9.17, 15) is 4.79 Å². The van der Waals surface area contributed by atoms with E-state index in [4.69, 9.17) is 0 Å². The lowest BCUT2D eigenvalue weighted by molar-refractivity contribution is 0.0946. The van der Waals surface area contributed by atoms with Crippen molar-refractivity contribution in [3.8, 4) is 0 Å². The monoisotopic (exact) mass is 489 g/mol. The number of amides is 1. The Morgan fingerprint density at radius 3 is 2.72 bits per heavy atom. The molecule has 0 radical (unpaired) electrons. The number of nitrogens with zero attached hydrogens (tertiary/aromatic N) is 5. The van der Waals surface area contributed by atoms with Crippen molar-refractivity contribution in [3.63, 3.8) is 0 Å². The van der Waals surface area contributed by atoms with E-state index in [0.29, 0.717) is 24.1 Å². The molecule has 0 saturated carbocycles. The average molecular weight is 490 g/mol. The second-order valence-electron chi connectivity index (χ2n) is 9.60. The third-order valence-electron chi connectivity index (χ3n) is 7.09. The number of allylic oxidation sites excluding steroid dienone is 1. The number of fused-ring (bicyclic) bond motifs is 1. The number of hydrogen-bond donors (Lipinski definition) is 2. The van der Waals surface area contributed by atoms with Crippen molar-refractivity contribution in [2.45, 2.75) is 52.1 Å². The van der Waals surface area contributed by atoms with E-state index in [1.807, 2.05) is 13.8 Å². The van der Waals surface area contributed by atoms with Crippen LogP contribution in [0.25, 0.3) is 0 Å². The molecule has 4 rings (SSSR count). The second kappa shape index (κ2) is 12.6. The predicted octanol–water partition coefficient (Wildman–Crippen LogP) is 3.53. The highest BCUT2D eigenvalue weighted by atomic mass is 16.1. The lowest BCUT2D eigenvalue weighted by atomic mass is 10.00. The number of carbonyl (C=O) groups is 1. The molecule has 1 aromatic heterocycles. The van der Waals surface area contributed by atoms with Gasteiger partial charge in [0.05, 0.1) is 11.4 Å². The third-order valence-corrected chi connectivity index (χ3v) is 7.09. The number of aromatic nitrogens is 2. The highest BCUT2D eigenvalue weighted by molar-refractivity contribution is 5.97. The normalized spacial score (nSPS) is 16.9. The lowest BCUT2D eigenvalue weighted by Crippen LogP contribution is -2.39. The molecule has 36 heavy (non-hydrogen) atoms. The first-order valence-electron chi connectivity index (χ1n) is 13.1. The van der Waals surface area contributed by atoms with Crippen LogP contribution in [0.4, 0.5) is 5.82 Å². The van der Waals surface area contributed by atoms with Crippen LogP contribution in [-0.2, 0) is 13.0 Å². The van der Waals surface area contributed by atoms with Gasteiger partial charge in [-0.1, -0.05) is 30.8 Å². The van der Waals surface area contributed by atoms with Gasteiger partial charge in [0.2, 0.25) is 0 Å². The van der Waals surface area contributed by atoms with E-state index in [0.717, 1.165) is 76.4 Å². The maximum atomic E-state index is 12.7. The Morgan fingerprint density at radius 2 is 1.94 bits per heavy atom. The number of carbonyl (C=O) groups excluding carboxylic acids is 1. The molecule has 1 aromatic carbocycles. The van der Waals surface area contributed by atoms with E-state index >= 15 is 0 Å². The topological polar surface area (TPSA) is 85.8 Å². The molecule has 2 aliphatic heterocycles. The molecular formula is C28H39N7O. The van der Waals surface area contributed by atoms with Gasteiger partial charge in [-0.05, 0) is 50.7 Å². The summed E-state index contributed by atoms with van der Waals surface area (Å²) in [6, 6.07) is 10.7. The van der Waals surface area contributed by atoms with Gasteiger partial charge in [-0.3, -0.25) is 14.7 Å². The Balaban J connectivity index is 1.19. The molecule has 0 aliphatic carbocycles. The van der Waals surface area contributed by atoms with Crippen molar-refractivity contribution in [2.24, 2.45) is 4.99 Å². The largest absolute Gasteiger partial charge is 0.370 e. The molecule has 1 amide bonds. The Kier molecular flexibility index (Phi) is 9.06. The van der Waals surface area contributed by atoms with Gasteiger partial charge in [-0.2, -0.15) is 0 Å². The number of aliphatic imine (C=N–C) groups is 1. The Bertz CT molecular complexity index is 1080. The minimum absolute atomic E-state index is 0.152. The summed E-state index contributed by atoms with van der Waals surface area (Å²) in [5.74, 6) is 0.546. The smallest absolute Gasteiger partial charge is 0.270 e. The van der Waals surface area contributed by atoms with Crippen molar-refractivity contribution < 1.29 is 4.79 Å². The standard InChI is InChI=1S/C28H39N7O/c1-4-29-21(2)22(3)35-16-11-25(12-17-35)33-27-18-26(31-20-32-27)28(36)30-13-7-14-34-15-10-23-8-5-6-9-24(23)19-34/h5-6,8-9,18,20,25H,3-4,7,10-17,19H2,1-2H3,(H,30,36)(H,31,32,33). The van der Waals surface area contributed by atoms with Crippen LogP contribution in [0.15, 0.2) is 53.9 Å². The quantitative estimate of drug-likeness (QED) is 0.392. The molecule has 2 N–H and O–H groups in total. The summed E-state index contributed by atoms with van der Waals surface area (Å²) in [5.41, 5.74) is 5.31. The summed E-state index contributed by atoms with van der Waals surface area (Å²) in [7, 11) is 0. The van der Waals surface area contributed by atoms with E-state index in [1.54, 1.807) is 6.07 Å². The molecule has 2 aromatic rings. The molecule has 192 valence electrons. The molecule has 0 atom stereocenters. The average Bonchev–Trinajstić information content (AvgIpc) is 2.91. The second-order valence-corrected chi connectivity index (χ2v) is 9.60. The van der Waals surface area contributed by atoms with Crippen LogP contribution < -0.4 is 10.6 Å². The van der Waals surface area contributed by atoms with Crippen molar-refractivity contribution in [3.05, 3.63) is 65.8 Å². The van der Waals surface area contributed by atoms with Gasteiger partial charge in [0.1, 0.15) is 17.8 Å². The fraction of sp³-hybridized carbons (Fsp3) is 0.500. The molecule has 0 spiro atoms. The number of likely N-dealkylation sites (tertiary alicyclic amines) is 1. The van der Waals surface area contributed by atoms with Gasteiger partial charge < -0.3 is 15.5 Å². The van der Waals surface area contributed by atoms with Gasteiger partial charge >= 0.3 is 0 Å². The molecule has 8 nitrogen and oxygen atoms in total. The Morgan fingerprint density at radius 1 is 1.17 bits per heavy atom. The van der Waals surface area contributed by atoms with Crippen LogP contribution in [0.3, 0.4) is 0 Å². The van der Waals surface area contributed by atoms with E-state index in [1.165, 1.54) is 17.5 Å². The van der Waals surface area contributed by atoms with Crippen molar-refractivity contribution in [1.82, 2.24) is 25.1 Å². The zero-order valence-electron chi connectivity index (χ0n) is 21.7. The van der Waals surface area contributed by atoms with Crippen LogP contribution in [0.2, 0.25) is 0 Å². The number of benzene rings is 1. The van der Waals surface area contributed by atoms with Gasteiger partial charge in [-0.15, -0.1) is 0 Å². The molecule has 0 bridgehead atoms. The van der Waals surface area contributed by atoms with Crippen LogP contribution >= 0.6 is 0 Å². The number of rotatable bonds is 10. The third kappa shape index (κ3) is 6.91. The van der Waals surface area contributed by atoms with Gasteiger partial charge in [0, 0.05) is 57.9 Å². The van der Waals surface area contributed by atoms with Crippen LogP contribution in [0.1, 0.15) is 54.7 Å². The van der Waals surface area contributed by atoms with Gasteiger partial charge in [0.25, 0.3) is 5.91 Å². The molecule has 3 heterocycles.